The number of aromatic nitrogens is 2. The Morgan fingerprint density at radius 3 is 2.48 bits per heavy atom. The summed E-state index contributed by atoms with van der Waals surface area (Å²) in [6, 6.07) is 17.3. The van der Waals surface area contributed by atoms with Gasteiger partial charge in [-0.3, -0.25) is 4.79 Å². The van der Waals surface area contributed by atoms with Gasteiger partial charge in [0.1, 0.15) is 0 Å². The molecular weight excluding hydrogens is 334 g/mol. The van der Waals surface area contributed by atoms with Crippen molar-refractivity contribution in [3.8, 4) is 5.69 Å². The molecule has 0 saturated carbocycles. The Kier molecular flexibility index (Phi) is 5.19. The number of hydrogen-bond donors (Lipinski definition) is 1. The van der Waals surface area contributed by atoms with E-state index in [1.165, 1.54) is 0 Å². The van der Waals surface area contributed by atoms with Crippen LogP contribution in [0.3, 0.4) is 0 Å². The van der Waals surface area contributed by atoms with Crippen molar-refractivity contribution in [2.45, 2.75) is 26.3 Å². The number of para-hydroxylation sites is 1. The highest BCUT2D eigenvalue weighted by molar-refractivity contribution is 6.30. The first-order chi connectivity index (χ1) is 12.1. The van der Waals surface area contributed by atoms with Crippen LogP contribution in [0.4, 0.5) is 0 Å². The van der Waals surface area contributed by atoms with E-state index in [0.717, 1.165) is 23.4 Å². The molecule has 0 aliphatic rings. The van der Waals surface area contributed by atoms with Crippen LogP contribution >= 0.6 is 11.6 Å². The molecule has 2 aromatic carbocycles. The fraction of sp³-hybridized carbons (Fsp3) is 0.200. The van der Waals surface area contributed by atoms with Crippen LogP contribution in [0, 0.1) is 6.92 Å². The molecule has 0 aliphatic carbocycles. The van der Waals surface area contributed by atoms with E-state index < -0.39 is 0 Å². The topological polar surface area (TPSA) is 46.9 Å². The number of benzene rings is 2. The van der Waals surface area contributed by atoms with Crippen molar-refractivity contribution < 1.29 is 4.79 Å². The number of hydrogen-bond acceptors (Lipinski definition) is 2. The van der Waals surface area contributed by atoms with Crippen LogP contribution in [0.5, 0.6) is 0 Å². The van der Waals surface area contributed by atoms with Crippen LogP contribution in [-0.2, 0) is 0 Å². The Morgan fingerprint density at radius 2 is 1.84 bits per heavy atom. The van der Waals surface area contributed by atoms with E-state index in [2.05, 4.69) is 10.4 Å². The highest BCUT2D eigenvalue weighted by atomic mass is 35.5. The number of nitrogens with one attached hydrogen (secondary N) is 1. The molecule has 3 rings (SSSR count). The van der Waals surface area contributed by atoms with Crippen molar-refractivity contribution in [3.05, 3.63) is 82.6 Å². The zero-order valence-corrected chi connectivity index (χ0v) is 15.0. The monoisotopic (exact) mass is 353 g/mol. The normalized spacial score (nSPS) is 12.0. The van der Waals surface area contributed by atoms with E-state index in [9.17, 15) is 4.79 Å². The standard InChI is InChI=1S/C20H20ClN3O/c1-3-19(15-9-11-16(21)12-10-15)23-20(25)18-13-22-24(14(18)2)17-7-5-4-6-8-17/h4-13,19H,3H2,1-2H3,(H,23,25). The molecule has 0 saturated heterocycles. The molecule has 0 aliphatic heterocycles. The van der Waals surface area contributed by atoms with Crippen molar-refractivity contribution in [2.75, 3.05) is 0 Å². The van der Waals surface area contributed by atoms with Crippen molar-refractivity contribution in [3.63, 3.8) is 0 Å². The largest absolute Gasteiger partial charge is 0.345 e. The Labute approximate surface area is 152 Å². The van der Waals surface area contributed by atoms with Crippen LogP contribution in [-0.4, -0.2) is 15.7 Å². The summed E-state index contributed by atoms with van der Waals surface area (Å²) in [7, 11) is 0. The molecule has 3 aromatic rings. The Bertz CT molecular complexity index is 856. The maximum Gasteiger partial charge on any atom is 0.255 e. The minimum Gasteiger partial charge on any atom is -0.345 e. The van der Waals surface area contributed by atoms with Crippen LogP contribution in [0.1, 0.15) is 41.0 Å². The van der Waals surface area contributed by atoms with Gasteiger partial charge in [0.05, 0.1) is 29.2 Å². The Hall–Kier alpha value is -2.59. The zero-order valence-electron chi connectivity index (χ0n) is 14.2. The molecule has 0 bridgehead atoms. The zero-order chi connectivity index (χ0) is 17.8. The van der Waals surface area contributed by atoms with E-state index >= 15 is 0 Å². The van der Waals surface area contributed by atoms with Crippen LogP contribution in [0.2, 0.25) is 5.02 Å². The van der Waals surface area contributed by atoms with Gasteiger partial charge in [-0.25, -0.2) is 4.68 Å². The molecule has 128 valence electrons. The molecule has 4 nitrogen and oxygen atoms in total. The SMILES string of the molecule is CCC(NC(=O)c1cnn(-c2ccccc2)c1C)c1ccc(Cl)cc1. The number of rotatable bonds is 5. The first-order valence-electron chi connectivity index (χ1n) is 8.26. The minimum absolute atomic E-state index is 0.0655. The second-order valence-corrected chi connectivity index (χ2v) is 6.31. The second kappa shape index (κ2) is 7.53. The molecule has 0 spiro atoms. The van der Waals surface area contributed by atoms with Gasteiger partial charge in [-0.15, -0.1) is 0 Å². The first kappa shape index (κ1) is 17.2. The summed E-state index contributed by atoms with van der Waals surface area (Å²) >= 11 is 5.94. The third-order valence-electron chi connectivity index (χ3n) is 4.24. The molecule has 0 fully saturated rings. The van der Waals surface area contributed by atoms with E-state index in [1.54, 1.807) is 10.9 Å². The smallest absolute Gasteiger partial charge is 0.255 e. The lowest BCUT2D eigenvalue weighted by molar-refractivity contribution is 0.0935. The van der Waals surface area contributed by atoms with Crippen LogP contribution in [0.25, 0.3) is 5.69 Å². The molecule has 1 N–H and O–H groups in total. The van der Waals surface area contributed by atoms with E-state index in [4.69, 9.17) is 11.6 Å². The molecule has 0 radical (unpaired) electrons. The lowest BCUT2D eigenvalue weighted by Crippen LogP contribution is -2.28. The van der Waals surface area contributed by atoms with Gasteiger partial charge in [-0.1, -0.05) is 48.9 Å². The Balaban J connectivity index is 1.81. The average Bonchev–Trinajstić information content (AvgIpc) is 3.02. The van der Waals surface area contributed by atoms with E-state index in [0.29, 0.717) is 10.6 Å². The summed E-state index contributed by atoms with van der Waals surface area (Å²) in [4.78, 5) is 12.7. The highest BCUT2D eigenvalue weighted by Crippen LogP contribution is 2.21. The van der Waals surface area contributed by atoms with Gasteiger partial charge >= 0.3 is 0 Å². The maximum atomic E-state index is 12.7. The fourth-order valence-corrected chi connectivity index (χ4v) is 2.94. The highest BCUT2D eigenvalue weighted by Gasteiger charge is 2.19. The molecule has 1 amide bonds. The summed E-state index contributed by atoms with van der Waals surface area (Å²) in [5, 5.41) is 8.14. The number of nitrogens with zero attached hydrogens (tertiary/aromatic N) is 2. The van der Waals surface area contributed by atoms with E-state index in [1.807, 2.05) is 68.4 Å². The quantitative estimate of drug-likeness (QED) is 0.721. The van der Waals surface area contributed by atoms with Gasteiger partial charge in [0.15, 0.2) is 0 Å². The predicted molar refractivity (Wildman–Crippen MR) is 100 cm³/mol. The Morgan fingerprint density at radius 1 is 1.16 bits per heavy atom. The van der Waals surface area contributed by atoms with Gasteiger partial charge in [0.25, 0.3) is 5.91 Å². The molecule has 1 heterocycles. The molecular formula is C20H20ClN3O. The number of carbonyl (C=O) groups excluding carboxylic acids is 1. The minimum atomic E-state index is -0.124. The van der Waals surface area contributed by atoms with Gasteiger partial charge < -0.3 is 5.32 Å². The second-order valence-electron chi connectivity index (χ2n) is 5.88. The van der Waals surface area contributed by atoms with Crippen LogP contribution in [0.15, 0.2) is 60.8 Å². The van der Waals surface area contributed by atoms with Gasteiger partial charge in [-0.05, 0) is 43.2 Å². The molecule has 1 atom stereocenters. The number of carbonyl (C=O) groups is 1. The first-order valence-corrected chi connectivity index (χ1v) is 8.64. The summed E-state index contributed by atoms with van der Waals surface area (Å²) < 4.78 is 1.78. The number of halogens is 1. The summed E-state index contributed by atoms with van der Waals surface area (Å²) in [6.07, 6.45) is 2.41. The van der Waals surface area contributed by atoms with Gasteiger partial charge in [0.2, 0.25) is 0 Å². The molecule has 25 heavy (non-hydrogen) atoms. The van der Waals surface area contributed by atoms with Gasteiger partial charge in [0, 0.05) is 5.02 Å². The van der Waals surface area contributed by atoms with Crippen molar-refractivity contribution in [2.24, 2.45) is 0 Å². The lowest BCUT2D eigenvalue weighted by Gasteiger charge is -2.17. The van der Waals surface area contributed by atoms with Crippen molar-refractivity contribution in [1.29, 1.82) is 0 Å². The molecule has 1 aromatic heterocycles. The third-order valence-corrected chi connectivity index (χ3v) is 4.49. The molecule has 5 heteroatoms. The fourth-order valence-electron chi connectivity index (χ4n) is 2.81. The molecule has 1 unspecified atom stereocenters. The number of amides is 1. The summed E-state index contributed by atoms with van der Waals surface area (Å²) in [6.45, 7) is 3.94. The predicted octanol–water partition coefficient (Wildman–Crippen LogP) is 4.72. The van der Waals surface area contributed by atoms with Crippen molar-refractivity contribution in [1.82, 2.24) is 15.1 Å². The third kappa shape index (κ3) is 3.74. The maximum absolute atomic E-state index is 12.7. The van der Waals surface area contributed by atoms with Gasteiger partial charge in [-0.2, -0.15) is 5.10 Å². The van der Waals surface area contributed by atoms with Crippen molar-refractivity contribution >= 4 is 17.5 Å². The average molecular weight is 354 g/mol. The summed E-state index contributed by atoms with van der Waals surface area (Å²) in [5.41, 5.74) is 3.36. The lowest BCUT2D eigenvalue weighted by atomic mass is 10.0. The van der Waals surface area contributed by atoms with E-state index in [-0.39, 0.29) is 11.9 Å². The summed E-state index contributed by atoms with van der Waals surface area (Å²) in [5.74, 6) is -0.124. The van der Waals surface area contributed by atoms with Crippen LogP contribution < -0.4 is 5.32 Å².